The van der Waals surface area contributed by atoms with Gasteiger partial charge in [-0.1, -0.05) is 28.9 Å². The summed E-state index contributed by atoms with van der Waals surface area (Å²) in [6.07, 6.45) is 2.79. The van der Waals surface area contributed by atoms with Crippen LogP contribution in [0.25, 0.3) is 10.9 Å². The Balaban J connectivity index is 2.11. The largest absolute Gasteiger partial charge is 0.493 e. The molecule has 0 bridgehead atoms. The SMILES string of the molecule is CCCc1nc2ccc(Br)cc2c(=O)n1N=Cc1cccc(OC)c1OCC(=O)O. The van der Waals surface area contributed by atoms with Crippen molar-refractivity contribution in [3.05, 3.63) is 62.6 Å². The number of aliphatic carboxylic acids is 1. The average Bonchev–Trinajstić information content (AvgIpc) is 2.72. The molecule has 8 nitrogen and oxygen atoms in total. The van der Waals surface area contributed by atoms with E-state index in [9.17, 15) is 9.59 Å². The third kappa shape index (κ3) is 4.68. The maximum atomic E-state index is 13.1. The van der Waals surface area contributed by atoms with Crippen LogP contribution in [0.2, 0.25) is 0 Å². The second kappa shape index (κ2) is 9.53. The molecule has 0 unspecified atom stereocenters. The molecule has 0 saturated carbocycles. The first-order valence-electron chi connectivity index (χ1n) is 9.21. The summed E-state index contributed by atoms with van der Waals surface area (Å²) >= 11 is 3.38. The molecule has 0 amide bonds. The molecule has 3 rings (SSSR count). The fraction of sp³-hybridized carbons (Fsp3) is 0.238. The van der Waals surface area contributed by atoms with Gasteiger partial charge >= 0.3 is 5.97 Å². The van der Waals surface area contributed by atoms with Crippen LogP contribution >= 0.6 is 15.9 Å². The number of ether oxygens (including phenoxy) is 2. The van der Waals surface area contributed by atoms with Crippen LogP contribution in [0.1, 0.15) is 24.7 Å². The quantitative estimate of drug-likeness (QED) is 0.502. The van der Waals surface area contributed by atoms with E-state index in [1.165, 1.54) is 18.0 Å². The number of aryl methyl sites for hydroxylation is 1. The van der Waals surface area contributed by atoms with E-state index in [0.717, 1.165) is 10.9 Å². The third-order valence-corrected chi connectivity index (χ3v) is 4.72. The monoisotopic (exact) mass is 473 g/mol. The summed E-state index contributed by atoms with van der Waals surface area (Å²) in [6.45, 7) is 1.46. The molecule has 2 aromatic carbocycles. The van der Waals surface area contributed by atoms with Crippen molar-refractivity contribution in [1.82, 2.24) is 9.66 Å². The van der Waals surface area contributed by atoms with Crippen molar-refractivity contribution >= 4 is 39.0 Å². The Morgan fingerprint density at radius 2 is 2.13 bits per heavy atom. The predicted octanol–water partition coefficient (Wildman–Crippen LogP) is 3.47. The number of hydrogen-bond donors (Lipinski definition) is 1. The van der Waals surface area contributed by atoms with Gasteiger partial charge in [0.05, 0.1) is 24.2 Å². The number of methoxy groups -OCH3 is 1. The summed E-state index contributed by atoms with van der Waals surface area (Å²) < 4.78 is 12.7. The van der Waals surface area contributed by atoms with E-state index in [-0.39, 0.29) is 11.3 Å². The number of para-hydroxylation sites is 1. The van der Waals surface area contributed by atoms with E-state index >= 15 is 0 Å². The van der Waals surface area contributed by atoms with Crippen molar-refractivity contribution in [3.63, 3.8) is 0 Å². The highest BCUT2D eigenvalue weighted by Crippen LogP contribution is 2.30. The molecule has 0 fully saturated rings. The molecule has 0 aliphatic rings. The zero-order valence-electron chi connectivity index (χ0n) is 16.5. The minimum absolute atomic E-state index is 0.229. The molecule has 30 heavy (non-hydrogen) atoms. The van der Waals surface area contributed by atoms with Gasteiger partial charge in [0.2, 0.25) is 0 Å². The van der Waals surface area contributed by atoms with Crippen LogP contribution in [-0.4, -0.2) is 40.7 Å². The van der Waals surface area contributed by atoms with Crippen molar-refractivity contribution in [2.24, 2.45) is 5.10 Å². The molecule has 3 aromatic rings. The van der Waals surface area contributed by atoms with E-state index in [2.05, 4.69) is 26.0 Å². The van der Waals surface area contributed by atoms with Crippen LogP contribution in [0.4, 0.5) is 0 Å². The lowest BCUT2D eigenvalue weighted by Gasteiger charge is -2.12. The summed E-state index contributed by atoms with van der Waals surface area (Å²) in [5, 5.41) is 13.7. The average molecular weight is 474 g/mol. The van der Waals surface area contributed by atoms with Crippen molar-refractivity contribution in [3.8, 4) is 11.5 Å². The van der Waals surface area contributed by atoms with Crippen molar-refractivity contribution in [1.29, 1.82) is 0 Å². The standard InChI is InChI=1S/C21H20BrN3O5/c1-3-5-18-24-16-9-8-14(22)10-15(16)21(28)25(18)23-11-13-6-4-7-17(29-2)20(13)30-12-19(26)27/h4,6-11H,3,5,12H2,1-2H3,(H,26,27). The summed E-state index contributed by atoms with van der Waals surface area (Å²) in [6, 6.07) is 10.4. The van der Waals surface area contributed by atoms with Gasteiger partial charge in [-0.2, -0.15) is 9.78 Å². The number of carboxylic acid groups (broad SMARTS) is 1. The highest BCUT2D eigenvalue weighted by molar-refractivity contribution is 9.10. The summed E-state index contributed by atoms with van der Waals surface area (Å²) in [5.41, 5.74) is 0.779. The summed E-state index contributed by atoms with van der Waals surface area (Å²) in [5.74, 6) is 0.00801. The molecule has 0 aliphatic carbocycles. The highest BCUT2D eigenvalue weighted by atomic mass is 79.9. The van der Waals surface area contributed by atoms with Crippen LogP contribution in [0.5, 0.6) is 11.5 Å². The Kier molecular flexibility index (Phi) is 6.83. The van der Waals surface area contributed by atoms with E-state index in [4.69, 9.17) is 14.6 Å². The van der Waals surface area contributed by atoms with Gasteiger partial charge in [-0.05, 0) is 36.8 Å². The fourth-order valence-corrected chi connectivity index (χ4v) is 3.26. The molecule has 9 heteroatoms. The zero-order valence-corrected chi connectivity index (χ0v) is 18.0. The Labute approximate surface area is 180 Å². The molecule has 0 radical (unpaired) electrons. The van der Waals surface area contributed by atoms with Crippen molar-refractivity contribution in [2.45, 2.75) is 19.8 Å². The molecular weight excluding hydrogens is 454 g/mol. The van der Waals surface area contributed by atoms with Gasteiger partial charge in [-0.3, -0.25) is 4.79 Å². The Morgan fingerprint density at radius 1 is 1.33 bits per heavy atom. The van der Waals surface area contributed by atoms with Crippen molar-refractivity contribution < 1.29 is 19.4 Å². The molecule has 1 heterocycles. The van der Waals surface area contributed by atoms with Crippen LogP contribution in [-0.2, 0) is 11.2 Å². The van der Waals surface area contributed by atoms with Gasteiger partial charge in [0.25, 0.3) is 5.56 Å². The zero-order chi connectivity index (χ0) is 21.7. The van der Waals surface area contributed by atoms with Crippen LogP contribution in [0, 0.1) is 0 Å². The van der Waals surface area contributed by atoms with Gasteiger partial charge in [0, 0.05) is 16.5 Å². The number of rotatable bonds is 8. The maximum Gasteiger partial charge on any atom is 0.341 e. The van der Waals surface area contributed by atoms with Gasteiger partial charge < -0.3 is 14.6 Å². The normalized spacial score (nSPS) is 11.2. The topological polar surface area (TPSA) is 103 Å². The third-order valence-electron chi connectivity index (χ3n) is 4.23. The maximum absolute atomic E-state index is 13.1. The van der Waals surface area contributed by atoms with Gasteiger partial charge in [0.15, 0.2) is 18.1 Å². The fourth-order valence-electron chi connectivity index (χ4n) is 2.90. The van der Waals surface area contributed by atoms with Crippen molar-refractivity contribution in [2.75, 3.05) is 13.7 Å². The number of nitrogens with zero attached hydrogens (tertiary/aromatic N) is 3. The summed E-state index contributed by atoms with van der Waals surface area (Å²) in [7, 11) is 1.46. The number of halogens is 1. The Morgan fingerprint density at radius 3 is 2.83 bits per heavy atom. The molecule has 1 N–H and O–H groups in total. The smallest absolute Gasteiger partial charge is 0.341 e. The minimum atomic E-state index is -1.12. The first kappa shape index (κ1) is 21.5. The summed E-state index contributed by atoms with van der Waals surface area (Å²) in [4.78, 5) is 28.6. The second-order valence-electron chi connectivity index (χ2n) is 6.36. The van der Waals surface area contributed by atoms with E-state index in [0.29, 0.717) is 34.5 Å². The van der Waals surface area contributed by atoms with Crippen LogP contribution in [0.15, 0.2) is 50.8 Å². The highest BCUT2D eigenvalue weighted by Gasteiger charge is 2.13. The molecule has 0 aliphatic heterocycles. The van der Waals surface area contributed by atoms with E-state index < -0.39 is 12.6 Å². The first-order chi connectivity index (χ1) is 14.4. The van der Waals surface area contributed by atoms with Crippen LogP contribution < -0.4 is 15.0 Å². The molecule has 0 spiro atoms. The number of carbonyl (C=O) groups is 1. The molecule has 1 aromatic heterocycles. The number of benzene rings is 2. The molecular formula is C21H20BrN3O5. The first-order valence-corrected chi connectivity index (χ1v) is 10.0. The minimum Gasteiger partial charge on any atom is -0.493 e. The molecule has 0 saturated heterocycles. The number of aromatic nitrogens is 2. The number of carboxylic acids is 1. The lowest BCUT2D eigenvalue weighted by atomic mass is 10.2. The Bertz CT molecular complexity index is 1170. The Hall–Kier alpha value is -3.20. The number of fused-ring (bicyclic) bond motifs is 1. The van der Waals surface area contributed by atoms with Crippen LogP contribution in [0.3, 0.4) is 0 Å². The van der Waals surface area contributed by atoms with Gasteiger partial charge in [0.1, 0.15) is 5.82 Å². The lowest BCUT2D eigenvalue weighted by molar-refractivity contribution is -0.139. The molecule has 156 valence electrons. The lowest BCUT2D eigenvalue weighted by Crippen LogP contribution is -2.22. The number of hydrogen-bond acceptors (Lipinski definition) is 6. The van der Waals surface area contributed by atoms with E-state index in [1.807, 2.05) is 13.0 Å². The predicted molar refractivity (Wildman–Crippen MR) is 117 cm³/mol. The van der Waals surface area contributed by atoms with Gasteiger partial charge in [-0.15, -0.1) is 0 Å². The molecule has 0 atom stereocenters. The van der Waals surface area contributed by atoms with E-state index in [1.54, 1.807) is 30.3 Å². The second-order valence-corrected chi connectivity index (χ2v) is 7.28. The van der Waals surface area contributed by atoms with Gasteiger partial charge in [-0.25, -0.2) is 9.78 Å².